The Labute approximate surface area is 128 Å². The van der Waals surface area contributed by atoms with E-state index in [4.69, 9.17) is 23.2 Å². The van der Waals surface area contributed by atoms with Crippen LogP contribution in [0.1, 0.15) is 18.4 Å². The largest absolute Gasteiger partial charge is 0.393 e. The molecule has 1 aliphatic carbocycles. The molecule has 0 spiro atoms. The smallest absolute Gasteiger partial charge is 0.246 e. The molecular formula is C15H17Cl2NO2. The maximum Gasteiger partial charge on any atom is 0.246 e. The molecule has 5 heteroatoms. The number of benzene rings is 1. The molecule has 1 aromatic rings. The molecule has 108 valence electrons. The van der Waals surface area contributed by atoms with Gasteiger partial charge in [-0.25, -0.2) is 0 Å². The van der Waals surface area contributed by atoms with E-state index >= 15 is 0 Å². The van der Waals surface area contributed by atoms with E-state index in [0.29, 0.717) is 22.5 Å². The van der Waals surface area contributed by atoms with Crippen LogP contribution >= 0.6 is 23.2 Å². The van der Waals surface area contributed by atoms with Gasteiger partial charge in [-0.1, -0.05) is 35.3 Å². The molecule has 0 unspecified atom stereocenters. The summed E-state index contributed by atoms with van der Waals surface area (Å²) in [6.45, 7) is 0.670. The first-order valence-corrected chi connectivity index (χ1v) is 7.28. The molecule has 1 aliphatic rings. The van der Waals surface area contributed by atoms with Crippen molar-refractivity contribution < 1.29 is 9.90 Å². The van der Waals surface area contributed by atoms with E-state index in [1.807, 2.05) is 0 Å². The molecule has 0 saturated heterocycles. The zero-order valence-electron chi connectivity index (χ0n) is 11.2. The van der Waals surface area contributed by atoms with Crippen molar-refractivity contribution in [2.24, 2.45) is 5.92 Å². The number of halogens is 2. The molecule has 1 saturated carbocycles. The SMILES string of the molecule is CN(CC1CC(O)C1)C(=O)C=Cc1cccc(Cl)c1Cl. The number of likely N-dealkylation sites (N-methyl/N-ethyl adjacent to an activating group) is 1. The Hall–Kier alpha value is -1.03. The lowest BCUT2D eigenvalue weighted by molar-refractivity contribution is -0.126. The summed E-state index contributed by atoms with van der Waals surface area (Å²) in [5.74, 6) is 0.324. The minimum absolute atomic E-state index is 0.0811. The predicted octanol–water partition coefficient (Wildman–Crippen LogP) is 3.24. The molecule has 1 N–H and O–H groups in total. The zero-order valence-corrected chi connectivity index (χ0v) is 12.7. The normalized spacial score (nSPS) is 21.8. The number of hydrogen-bond donors (Lipinski definition) is 1. The Kier molecular flexibility index (Phi) is 5.08. The molecule has 0 heterocycles. The molecule has 0 bridgehead atoms. The molecule has 0 aromatic heterocycles. The first kappa shape index (κ1) is 15.4. The molecule has 1 fully saturated rings. The van der Waals surface area contributed by atoms with Gasteiger partial charge in [-0.3, -0.25) is 4.79 Å². The van der Waals surface area contributed by atoms with E-state index in [1.165, 1.54) is 6.08 Å². The highest BCUT2D eigenvalue weighted by molar-refractivity contribution is 6.42. The van der Waals surface area contributed by atoms with Gasteiger partial charge >= 0.3 is 0 Å². The van der Waals surface area contributed by atoms with Crippen LogP contribution in [-0.4, -0.2) is 35.6 Å². The summed E-state index contributed by atoms with van der Waals surface area (Å²) in [6.07, 6.45) is 4.53. The maximum absolute atomic E-state index is 12.0. The Morgan fingerprint density at radius 2 is 2.15 bits per heavy atom. The van der Waals surface area contributed by atoms with Crippen LogP contribution in [0, 0.1) is 5.92 Å². The van der Waals surface area contributed by atoms with Gasteiger partial charge in [0.15, 0.2) is 0 Å². The quantitative estimate of drug-likeness (QED) is 0.867. The van der Waals surface area contributed by atoms with Crippen LogP contribution < -0.4 is 0 Å². The molecule has 0 aliphatic heterocycles. The van der Waals surface area contributed by atoms with Gasteiger partial charge in [-0.2, -0.15) is 0 Å². The first-order chi connectivity index (χ1) is 9.47. The summed E-state index contributed by atoms with van der Waals surface area (Å²) >= 11 is 12.0. The molecule has 1 amide bonds. The van der Waals surface area contributed by atoms with Crippen molar-refractivity contribution in [2.45, 2.75) is 18.9 Å². The Morgan fingerprint density at radius 1 is 1.45 bits per heavy atom. The van der Waals surface area contributed by atoms with Gasteiger partial charge in [-0.15, -0.1) is 0 Å². The number of hydrogen-bond acceptors (Lipinski definition) is 2. The maximum atomic E-state index is 12.0. The van der Waals surface area contributed by atoms with Gasteiger partial charge in [0.2, 0.25) is 5.91 Å². The summed E-state index contributed by atoms with van der Waals surface area (Å²) in [7, 11) is 1.76. The van der Waals surface area contributed by atoms with Crippen molar-refractivity contribution in [3.05, 3.63) is 39.9 Å². The third kappa shape index (κ3) is 3.75. The summed E-state index contributed by atoms with van der Waals surface area (Å²) in [5.41, 5.74) is 0.722. The Balaban J connectivity index is 1.93. The fraction of sp³-hybridized carbons (Fsp3) is 0.400. The molecule has 20 heavy (non-hydrogen) atoms. The third-order valence-corrected chi connectivity index (χ3v) is 4.34. The van der Waals surface area contributed by atoms with Crippen molar-refractivity contribution in [1.82, 2.24) is 4.90 Å². The van der Waals surface area contributed by atoms with E-state index < -0.39 is 0 Å². The van der Waals surface area contributed by atoms with Crippen LogP contribution in [-0.2, 0) is 4.79 Å². The van der Waals surface area contributed by atoms with Crippen LogP contribution in [0.15, 0.2) is 24.3 Å². The average Bonchev–Trinajstić information content (AvgIpc) is 2.38. The van der Waals surface area contributed by atoms with Gasteiger partial charge in [0.25, 0.3) is 0 Å². The minimum atomic E-state index is -0.190. The lowest BCUT2D eigenvalue weighted by atomic mass is 9.82. The topological polar surface area (TPSA) is 40.5 Å². The second-order valence-corrected chi connectivity index (χ2v) is 5.97. The number of carbonyl (C=O) groups is 1. The number of nitrogens with zero attached hydrogens (tertiary/aromatic N) is 1. The van der Waals surface area contributed by atoms with E-state index in [2.05, 4.69) is 0 Å². The lowest BCUT2D eigenvalue weighted by Gasteiger charge is -2.34. The zero-order chi connectivity index (χ0) is 14.7. The van der Waals surface area contributed by atoms with Crippen molar-refractivity contribution in [3.8, 4) is 0 Å². The fourth-order valence-electron chi connectivity index (χ4n) is 2.26. The number of aliphatic hydroxyl groups excluding tert-OH is 1. The van der Waals surface area contributed by atoms with Crippen LogP contribution in [0.5, 0.6) is 0 Å². The first-order valence-electron chi connectivity index (χ1n) is 6.52. The molecule has 3 nitrogen and oxygen atoms in total. The minimum Gasteiger partial charge on any atom is -0.393 e. The van der Waals surface area contributed by atoms with E-state index in [-0.39, 0.29) is 12.0 Å². The molecular weight excluding hydrogens is 297 g/mol. The fourth-order valence-corrected chi connectivity index (χ4v) is 2.64. The van der Waals surface area contributed by atoms with Crippen LogP contribution in [0.2, 0.25) is 10.0 Å². The van der Waals surface area contributed by atoms with Gasteiger partial charge in [0, 0.05) is 19.7 Å². The van der Waals surface area contributed by atoms with Crippen molar-refractivity contribution in [2.75, 3.05) is 13.6 Å². The van der Waals surface area contributed by atoms with Crippen molar-refractivity contribution >= 4 is 35.2 Å². The summed E-state index contributed by atoms with van der Waals surface area (Å²) < 4.78 is 0. The summed E-state index contributed by atoms with van der Waals surface area (Å²) in [5, 5.41) is 10.2. The van der Waals surface area contributed by atoms with Gasteiger partial charge in [0.1, 0.15) is 0 Å². The number of amides is 1. The Bertz CT molecular complexity index is 525. The summed E-state index contributed by atoms with van der Waals surface area (Å²) in [4.78, 5) is 13.6. The van der Waals surface area contributed by atoms with Crippen LogP contribution in [0.25, 0.3) is 6.08 Å². The van der Waals surface area contributed by atoms with Gasteiger partial charge < -0.3 is 10.0 Å². The third-order valence-electron chi connectivity index (χ3n) is 3.51. The van der Waals surface area contributed by atoms with Crippen LogP contribution in [0.3, 0.4) is 0 Å². The Morgan fingerprint density at radius 3 is 2.80 bits per heavy atom. The predicted molar refractivity (Wildman–Crippen MR) is 81.9 cm³/mol. The second-order valence-electron chi connectivity index (χ2n) is 5.19. The standard InChI is InChI=1S/C15H17Cl2NO2/c1-18(9-10-7-12(19)8-10)14(20)6-5-11-3-2-4-13(16)15(11)17/h2-6,10,12,19H,7-9H2,1H3. The summed E-state index contributed by atoms with van der Waals surface area (Å²) in [6, 6.07) is 5.30. The van der Waals surface area contributed by atoms with E-state index in [0.717, 1.165) is 18.4 Å². The number of rotatable bonds is 4. The monoisotopic (exact) mass is 313 g/mol. The van der Waals surface area contributed by atoms with Crippen molar-refractivity contribution in [3.63, 3.8) is 0 Å². The molecule has 1 aromatic carbocycles. The molecule has 0 radical (unpaired) electrons. The van der Waals surface area contributed by atoms with Gasteiger partial charge in [0.05, 0.1) is 16.1 Å². The van der Waals surface area contributed by atoms with Crippen molar-refractivity contribution in [1.29, 1.82) is 0 Å². The van der Waals surface area contributed by atoms with Gasteiger partial charge in [-0.05, 0) is 36.5 Å². The highest BCUT2D eigenvalue weighted by Gasteiger charge is 2.28. The molecule has 0 atom stereocenters. The molecule has 2 rings (SSSR count). The van der Waals surface area contributed by atoms with Crippen LogP contribution in [0.4, 0.5) is 0 Å². The highest BCUT2D eigenvalue weighted by atomic mass is 35.5. The van der Waals surface area contributed by atoms with E-state index in [9.17, 15) is 9.90 Å². The average molecular weight is 314 g/mol. The number of carbonyl (C=O) groups excluding carboxylic acids is 1. The number of aliphatic hydroxyl groups is 1. The highest BCUT2D eigenvalue weighted by Crippen LogP contribution is 2.28. The second kappa shape index (κ2) is 6.61. The lowest BCUT2D eigenvalue weighted by Crippen LogP contribution is -2.38. The van der Waals surface area contributed by atoms with E-state index in [1.54, 1.807) is 36.2 Å².